The summed E-state index contributed by atoms with van der Waals surface area (Å²) >= 11 is 0. The molecule has 1 aromatic heterocycles. The molecule has 0 aliphatic heterocycles. The first-order valence-electron chi connectivity index (χ1n) is 7.70. The molecule has 1 saturated carbocycles. The number of carboxylic acids is 1. The third-order valence-electron chi connectivity index (χ3n) is 4.54. The van der Waals surface area contributed by atoms with E-state index < -0.39 is 11.5 Å². The van der Waals surface area contributed by atoms with Crippen molar-refractivity contribution in [2.75, 3.05) is 13.7 Å². The highest BCUT2D eigenvalue weighted by Gasteiger charge is 2.46. The van der Waals surface area contributed by atoms with E-state index in [1.165, 1.54) is 0 Å². The van der Waals surface area contributed by atoms with Crippen LogP contribution in [-0.4, -0.2) is 40.8 Å². The summed E-state index contributed by atoms with van der Waals surface area (Å²) in [6.45, 7) is 1.17. The van der Waals surface area contributed by atoms with Gasteiger partial charge in [0.05, 0.1) is 12.2 Å². The highest BCUT2D eigenvalue weighted by Crippen LogP contribution is 2.33. The van der Waals surface area contributed by atoms with E-state index >= 15 is 0 Å². The molecule has 1 aliphatic rings. The van der Waals surface area contributed by atoms with Crippen LogP contribution in [0.4, 0.5) is 0 Å². The maximum Gasteiger partial charge on any atom is 0.329 e. The molecule has 2 aromatic rings. The average molecular weight is 316 g/mol. The summed E-state index contributed by atoms with van der Waals surface area (Å²) in [5.41, 5.74) is 0.337. The van der Waals surface area contributed by atoms with Gasteiger partial charge in [0.15, 0.2) is 0 Å². The van der Waals surface area contributed by atoms with E-state index in [0.717, 1.165) is 17.3 Å². The van der Waals surface area contributed by atoms with E-state index in [0.29, 0.717) is 31.6 Å². The topological polar surface area (TPSA) is 80.6 Å². The standard InChI is InChI=1S/C17H20N2O4/c1-23-10-9-19-11-13(12-5-2-3-6-14(12)19)15(20)18-17(16(21)22)7-4-8-17/h2-3,5-6,11H,4,7-10H2,1H3,(H,18,20)(H,21,22). The Morgan fingerprint density at radius 1 is 1.35 bits per heavy atom. The number of hydrogen-bond acceptors (Lipinski definition) is 3. The smallest absolute Gasteiger partial charge is 0.329 e. The molecule has 0 unspecified atom stereocenters. The van der Waals surface area contributed by atoms with Crippen LogP contribution in [0.5, 0.6) is 0 Å². The molecule has 122 valence electrons. The Labute approximate surface area is 134 Å². The number of ether oxygens (including phenoxy) is 1. The molecule has 6 heteroatoms. The van der Waals surface area contributed by atoms with E-state index in [9.17, 15) is 14.7 Å². The number of methoxy groups -OCH3 is 1. The van der Waals surface area contributed by atoms with Crippen molar-refractivity contribution in [3.8, 4) is 0 Å². The SMILES string of the molecule is COCCn1cc(C(=O)NC2(C(=O)O)CCC2)c2ccccc21. The van der Waals surface area contributed by atoms with Gasteiger partial charge >= 0.3 is 5.97 Å². The monoisotopic (exact) mass is 316 g/mol. The quantitative estimate of drug-likeness (QED) is 0.854. The molecule has 1 aliphatic carbocycles. The molecule has 3 rings (SSSR count). The van der Waals surface area contributed by atoms with Crippen molar-refractivity contribution < 1.29 is 19.4 Å². The fourth-order valence-corrected chi connectivity index (χ4v) is 3.01. The first kappa shape index (κ1) is 15.6. The zero-order valence-corrected chi connectivity index (χ0v) is 13.0. The zero-order chi connectivity index (χ0) is 16.4. The number of hydrogen-bond donors (Lipinski definition) is 2. The second-order valence-electron chi connectivity index (χ2n) is 5.94. The highest BCUT2D eigenvalue weighted by molar-refractivity contribution is 6.08. The molecule has 23 heavy (non-hydrogen) atoms. The van der Waals surface area contributed by atoms with Gasteiger partial charge in [-0.05, 0) is 25.3 Å². The Bertz CT molecular complexity index is 746. The predicted molar refractivity (Wildman–Crippen MR) is 85.5 cm³/mol. The largest absolute Gasteiger partial charge is 0.480 e. The summed E-state index contributed by atoms with van der Waals surface area (Å²) in [7, 11) is 1.63. The number of aromatic nitrogens is 1. The lowest BCUT2D eigenvalue weighted by atomic mass is 9.76. The molecule has 1 aromatic carbocycles. The summed E-state index contributed by atoms with van der Waals surface area (Å²) in [5.74, 6) is -1.29. The van der Waals surface area contributed by atoms with Gasteiger partial charge in [0.2, 0.25) is 0 Å². The fourth-order valence-electron chi connectivity index (χ4n) is 3.01. The van der Waals surface area contributed by atoms with E-state index in [2.05, 4.69) is 5.32 Å². The van der Waals surface area contributed by atoms with Gasteiger partial charge in [0, 0.05) is 30.8 Å². The normalized spacial score (nSPS) is 16.0. The minimum Gasteiger partial charge on any atom is -0.480 e. The van der Waals surface area contributed by atoms with Crippen LogP contribution in [0.3, 0.4) is 0 Å². The zero-order valence-electron chi connectivity index (χ0n) is 13.0. The van der Waals surface area contributed by atoms with Crippen molar-refractivity contribution in [3.63, 3.8) is 0 Å². The number of carboxylic acid groups (broad SMARTS) is 1. The van der Waals surface area contributed by atoms with Crippen LogP contribution < -0.4 is 5.32 Å². The van der Waals surface area contributed by atoms with Gasteiger partial charge in [-0.1, -0.05) is 18.2 Å². The number of amides is 1. The Morgan fingerprint density at radius 2 is 2.09 bits per heavy atom. The summed E-state index contributed by atoms with van der Waals surface area (Å²) in [6.07, 6.45) is 3.56. The lowest BCUT2D eigenvalue weighted by Gasteiger charge is -2.38. The van der Waals surface area contributed by atoms with E-state index in [1.54, 1.807) is 13.3 Å². The summed E-state index contributed by atoms with van der Waals surface area (Å²) < 4.78 is 7.06. The number of rotatable bonds is 6. The number of benzene rings is 1. The molecule has 0 atom stereocenters. The van der Waals surface area contributed by atoms with Crippen LogP contribution in [0.2, 0.25) is 0 Å². The Kier molecular flexibility index (Phi) is 4.09. The third-order valence-corrected chi connectivity index (χ3v) is 4.54. The number of para-hydroxylation sites is 1. The van der Waals surface area contributed by atoms with Gasteiger partial charge in [-0.2, -0.15) is 0 Å². The van der Waals surface area contributed by atoms with Crippen LogP contribution in [0, 0.1) is 0 Å². The summed E-state index contributed by atoms with van der Waals surface area (Å²) in [6, 6.07) is 7.61. The van der Waals surface area contributed by atoms with E-state index in [1.807, 2.05) is 28.8 Å². The summed E-state index contributed by atoms with van der Waals surface area (Å²) in [4.78, 5) is 24.1. The van der Waals surface area contributed by atoms with Crippen molar-refractivity contribution >= 4 is 22.8 Å². The lowest BCUT2D eigenvalue weighted by molar-refractivity contribution is -0.148. The Morgan fingerprint density at radius 3 is 2.70 bits per heavy atom. The molecular formula is C17H20N2O4. The first-order valence-corrected chi connectivity index (χ1v) is 7.70. The minimum absolute atomic E-state index is 0.334. The van der Waals surface area contributed by atoms with E-state index in [4.69, 9.17) is 4.74 Å². The molecule has 2 N–H and O–H groups in total. The van der Waals surface area contributed by atoms with Crippen LogP contribution >= 0.6 is 0 Å². The molecule has 1 amide bonds. The molecule has 0 saturated heterocycles. The highest BCUT2D eigenvalue weighted by atomic mass is 16.5. The molecule has 1 fully saturated rings. The van der Waals surface area contributed by atoms with E-state index in [-0.39, 0.29) is 5.91 Å². The lowest BCUT2D eigenvalue weighted by Crippen LogP contribution is -2.59. The number of carbonyl (C=O) groups is 2. The summed E-state index contributed by atoms with van der Waals surface area (Å²) in [5, 5.41) is 12.9. The molecule has 0 spiro atoms. The van der Waals surface area contributed by atoms with Gasteiger partial charge in [-0.25, -0.2) is 4.79 Å². The third kappa shape index (κ3) is 2.70. The van der Waals surface area contributed by atoms with Crippen molar-refractivity contribution in [1.82, 2.24) is 9.88 Å². The first-order chi connectivity index (χ1) is 11.1. The molecule has 0 radical (unpaired) electrons. The van der Waals surface area contributed by atoms with Crippen molar-refractivity contribution in [2.24, 2.45) is 0 Å². The van der Waals surface area contributed by atoms with Crippen LogP contribution in [-0.2, 0) is 16.1 Å². The van der Waals surface area contributed by atoms with Crippen molar-refractivity contribution in [3.05, 3.63) is 36.0 Å². The Balaban J connectivity index is 1.92. The number of carbonyl (C=O) groups excluding carboxylic acids is 1. The maximum absolute atomic E-state index is 12.6. The fraction of sp³-hybridized carbons (Fsp3) is 0.412. The Hall–Kier alpha value is -2.34. The number of aliphatic carboxylic acids is 1. The number of fused-ring (bicyclic) bond motifs is 1. The second kappa shape index (κ2) is 6.04. The van der Waals surface area contributed by atoms with Crippen LogP contribution in [0.25, 0.3) is 10.9 Å². The van der Waals surface area contributed by atoms with Gasteiger partial charge in [-0.15, -0.1) is 0 Å². The molecular weight excluding hydrogens is 296 g/mol. The van der Waals surface area contributed by atoms with Crippen molar-refractivity contribution in [2.45, 2.75) is 31.3 Å². The number of nitrogens with zero attached hydrogens (tertiary/aromatic N) is 1. The number of nitrogens with one attached hydrogen (secondary N) is 1. The van der Waals surface area contributed by atoms with Crippen LogP contribution in [0.15, 0.2) is 30.5 Å². The average Bonchev–Trinajstić information content (AvgIpc) is 2.87. The van der Waals surface area contributed by atoms with Crippen LogP contribution in [0.1, 0.15) is 29.6 Å². The van der Waals surface area contributed by atoms with Crippen molar-refractivity contribution in [1.29, 1.82) is 0 Å². The van der Waals surface area contributed by atoms with Gasteiger partial charge in [-0.3, -0.25) is 4.79 Å². The molecule has 6 nitrogen and oxygen atoms in total. The molecule has 1 heterocycles. The maximum atomic E-state index is 12.6. The predicted octanol–water partition coefficient (Wildman–Crippen LogP) is 2.02. The molecule has 0 bridgehead atoms. The van der Waals surface area contributed by atoms with Gasteiger partial charge in [0.1, 0.15) is 5.54 Å². The second-order valence-corrected chi connectivity index (χ2v) is 5.94. The van der Waals surface area contributed by atoms with Gasteiger partial charge in [0.25, 0.3) is 5.91 Å². The van der Waals surface area contributed by atoms with Gasteiger partial charge < -0.3 is 19.7 Å². The minimum atomic E-state index is -1.10.